The molecule has 0 aliphatic carbocycles. The minimum absolute atomic E-state index is 0.0447. The van der Waals surface area contributed by atoms with Gasteiger partial charge in [0.05, 0.1) is 12.2 Å². The van der Waals surface area contributed by atoms with Gasteiger partial charge in [-0.1, -0.05) is 12.1 Å². The van der Waals surface area contributed by atoms with Crippen molar-refractivity contribution in [1.29, 1.82) is 0 Å². The zero-order valence-electron chi connectivity index (χ0n) is 14.2. The molecule has 0 aliphatic heterocycles. The Balaban J connectivity index is 1.94. The van der Waals surface area contributed by atoms with Crippen LogP contribution in [0.1, 0.15) is 47.1 Å². The zero-order valence-corrected chi connectivity index (χ0v) is 14.2. The Bertz CT molecular complexity index is 720. The number of hydrogen-bond donors (Lipinski definition) is 2. The first-order chi connectivity index (χ1) is 11.3. The van der Waals surface area contributed by atoms with Gasteiger partial charge in [-0.15, -0.1) is 0 Å². The highest BCUT2D eigenvalue weighted by Crippen LogP contribution is 2.10. The SMILES string of the molecule is Cc1cc(C)n(Cc2ccc(C(=O)NC(C)CCC(=O)O)cc2)n1. The molecule has 1 unspecified atom stereocenters. The Morgan fingerprint density at radius 1 is 1.25 bits per heavy atom. The number of nitrogens with one attached hydrogen (secondary N) is 1. The second kappa shape index (κ2) is 7.77. The van der Waals surface area contributed by atoms with Crippen LogP contribution in [0.15, 0.2) is 30.3 Å². The maximum atomic E-state index is 12.2. The van der Waals surface area contributed by atoms with Gasteiger partial charge in [0.1, 0.15) is 0 Å². The molecule has 1 aromatic heterocycles. The highest BCUT2D eigenvalue weighted by Gasteiger charge is 2.11. The first-order valence-electron chi connectivity index (χ1n) is 7.98. The normalized spacial score (nSPS) is 12.0. The topological polar surface area (TPSA) is 84.2 Å². The van der Waals surface area contributed by atoms with Gasteiger partial charge in [-0.05, 0) is 51.0 Å². The molecule has 0 saturated heterocycles. The molecule has 2 rings (SSSR count). The minimum Gasteiger partial charge on any atom is -0.481 e. The minimum atomic E-state index is -0.857. The summed E-state index contributed by atoms with van der Waals surface area (Å²) in [5, 5.41) is 15.9. The lowest BCUT2D eigenvalue weighted by molar-refractivity contribution is -0.137. The Kier molecular flexibility index (Phi) is 5.73. The van der Waals surface area contributed by atoms with Gasteiger partial charge < -0.3 is 10.4 Å². The van der Waals surface area contributed by atoms with Crippen molar-refractivity contribution in [2.24, 2.45) is 0 Å². The van der Waals surface area contributed by atoms with Crippen LogP contribution in [0.2, 0.25) is 0 Å². The Hall–Kier alpha value is -2.63. The summed E-state index contributed by atoms with van der Waals surface area (Å²) in [6, 6.07) is 9.23. The second-order valence-corrected chi connectivity index (χ2v) is 6.09. The van der Waals surface area contributed by atoms with Crippen LogP contribution in [-0.4, -0.2) is 32.8 Å². The van der Waals surface area contributed by atoms with Crippen molar-refractivity contribution in [3.8, 4) is 0 Å². The molecule has 1 heterocycles. The lowest BCUT2D eigenvalue weighted by Crippen LogP contribution is -2.32. The lowest BCUT2D eigenvalue weighted by Gasteiger charge is -2.13. The van der Waals surface area contributed by atoms with E-state index in [2.05, 4.69) is 10.4 Å². The van der Waals surface area contributed by atoms with Crippen molar-refractivity contribution in [3.05, 3.63) is 52.8 Å². The van der Waals surface area contributed by atoms with Gasteiger partial charge in [0.25, 0.3) is 5.91 Å². The summed E-state index contributed by atoms with van der Waals surface area (Å²) in [6.45, 7) is 6.44. The molecule has 0 saturated carbocycles. The van der Waals surface area contributed by atoms with E-state index in [-0.39, 0.29) is 18.4 Å². The number of carboxylic acids is 1. The molecule has 24 heavy (non-hydrogen) atoms. The molecule has 0 fully saturated rings. The van der Waals surface area contributed by atoms with E-state index in [1.54, 1.807) is 19.1 Å². The summed E-state index contributed by atoms with van der Waals surface area (Å²) >= 11 is 0. The van der Waals surface area contributed by atoms with E-state index in [1.165, 1.54) is 0 Å². The van der Waals surface area contributed by atoms with E-state index in [0.717, 1.165) is 17.0 Å². The Morgan fingerprint density at radius 3 is 2.46 bits per heavy atom. The average molecular weight is 329 g/mol. The fraction of sp³-hybridized carbons (Fsp3) is 0.389. The predicted molar refractivity (Wildman–Crippen MR) is 91.0 cm³/mol. The maximum Gasteiger partial charge on any atom is 0.303 e. The van der Waals surface area contributed by atoms with E-state index in [4.69, 9.17) is 5.11 Å². The van der Waals surface area contributed by atoms with Gasteiger partial charge in [0.15, 0.2) is 0 Å². The molecule has 1 atom stereocenters. The van der Waals surface area contributed by atoms with Crippen LogP contribution in [0.25, 0.3) is 0 Å². The van der Waals surface area contributed by atoms with E-state index in [9.17, 15) is 9.59 Å². The number of rotatable bonds is 7. The molecule has 2 N–H and O–H groups in total. The number of carbonyl (C=O) groups excluding carboxylic acids is 1. The Morgan fingerprint density at radius 2 is 1.92 bits per heavy atom. The third-order valence-electron chi connectivity index (χ3n) is 3.82. The van der Waals surface area contributed by atoms with Crippen molar-refractivity contribution in [2.45, 2.75) is 46.2 Å². The summed E-state index contributed by atoms with van der Waals surface area (Å²) in [7, 11) is 0. The maximum absolute atomic E-state index is 12.2. The molecule has 6 heteroatoms. The molecule has 128 valence electrons. The third-order valence-corrected chi connectivity index (χ3v) is 3.82. The highest BCUT2D eigenvalue weighted by molar-refractivity contribution is 5.94. The van der Waals surface area contributed by atoms with Gasteiger partial charge in [-0.2, -0.15) is 5.10 Å². The summed E-state index contributed by atoms with van der Waals surface area (Å²) in [5.41, 5.74) is 3.71. The molecule has 1 aromatic carbocycles. The number of benzene rings is 1. The van der Waals surface area contributed by atoms with Crippen molar-refractivity contribution in [2.75, 3.05) is 0 Å². The summed E-state index contributed by atoms with van der Waals surface area (Å²) in [4.78, 5) is 22.7. The lowest BCUT2D eigenvalue weighted by atomic mass is 10.1. The van der Waals surface area contributed by atoms with Crippen LogP contribution in [0, 0.1) is 13.8 Å². The molecular formula is C18H23N3O3. The smallest absolute Gasteiger partial charge is 0.303 e. The van der Waals surface area contributed by atoms with Crippen LogP contribution in [0.5, 0.6) is 0 Å². The number of aromatic nitrogens is 2. The molecule has 0 spiro atoms. The second-order valence-electron chi connectivity index (χ2n) is 6.09. The Labute approximate surface area is 141 Å². The van der Waals surface area contributed by atoms with E-state index < -0.39 is 5.97 Å². The van der Waals surface area contributed by atoms with Crippen molar-refractivity contribution >= 4 is 11.9 Å². The van der Waals surface area contributed by atoms with Gasteiger partial charge in [-0.3, -0.25) is 14.3 Å². The van der Waals surface area contributed by atoms with Crippen LogP contribution in [-0.2, 0) is 11.3 Å². The van der Waals surface area contributed by atoms with Gasteiger partial charge in [-0.25, -0.2) is 0 Å². The fourth-order valence-corrected chi connectivity index (χ4v) is 2.49. The van der Waals surface area contributed by atoms with Gasteiger partial charge >= 0.3 is 5.97 Å². The molecule has 0 bridgehead atoms. The third kappa shape index (κ3) is 4.94. The van der Waals surface area contributed by atoms with Crippen molar-refractivity contribution in [1.82, 2.24) is 15.1 Å². The molecule has 6 nitrogen and oxygen atoms in total. The molecule has 0 aliphatic rings. The molecule has 0 radical (unpaired) electrons. The van der Waals surface area contributed by atoms with E-state index in [0.29, 0.717) is 18.5 Å². The number of aliphatic carboxylic acids is 1. The average Bonchev–Trinajstić information content (AvgIpc) is 2.83. The number of carbonyl (C=O) groups is 2. The van der Waals surface area contributed by atoms with Crippen LogP contribution < -0.4 is 5.32 Å². The van der Waals surface area contributed by atoms with Crippen LogP contribution >= 0.6 is 0 Å². The first-order valence-corrected chi connectivity index (χ1v) is 7.98. The number of carboxylic acid groups (broad SMARTS) is 1. The number of nitrogens with zero attached hydrogens (tertiary/aromatic N) is 2. The summed E-state index contributed by atoms with van der Waals surface area (Å²) < 4.78 is 1.93. The van der Waals surface area contributed by atoms with E-state index >= 15 is 0 Å². The largest absolute Gasteiger partial charge is 0.481 e. The van der Waals surface area contributed by atoms with Gasteiger partial charge in [0, 0.05) is 23.7 Å². The fourth-order valence-electron chi connectivity index (χ4n) is 2.49. The standard InChI is InChI=1S/C18H23N3O3/c1-12(4-9-17(22)23)19-18(24)16-7-5-15(6-8-16)11-21-14(3)10-13(2)20-21/h5-8,10,12H,4,9,11H2,1-3H3,(H,19,24)(H,22,23). The zero-order chi connectivity index (χ0) is 17.7. The first kappa shape index (κ1) is 17.7. The monoisotopic (exact) mass is 329 g/mol. The number of hydrogen-bond acceptors (Lipinski definition) is 3. The van der Waals surface area contributed by atoms with Crippen molar-refractivity contribution < 1.29 is 14.7 Å². The molecular weight excluding hydrogens is 306 g/mol. The molecule has 1 amide bonds. The summed E-state index contributed by atoms with van der Waals surface area (Å²) in [5.74, 6) is -1.05. The van der Waals surface area contributed by atoms with Crippen LogP contribution in [0.3, 0.4) is 0 Å². The predicted octanol–water partition coefficient (Wildman–Crippen LogP) is 2.53. The van der Waals surface area contributed by atoms with Crippen molar-refractivity contribution in [3.63, 3.8) is 0 Å². The quantitative estimate of drug-likeness (QED) is 0.817. The summed E-state index contributed by atoms with van der Waals surface area (Å²) in [6.07, 6.45) is 0.458. The highest BCUT2D eigenvalue weighted by atomic mass is 16.4. The van der Waals surface area contributed by atoms with E-state index in [1.807, 2.05) is 36.7 Å². The number of aryl methyl sites for hydroxylation is 2. The number of amides is 1. The molecule has 2 aromatic rings. The van der Waals surface area contributed by atoms with Gasteiger partial charge in [0.2, 0.25) is 0 Å². The van der Waals surface area contributed by atoms with Crippen LogP contribution in [0.4, 0.5) is 0 Å².